The van der Waals surface area contributed by atoms with E-state index < -0.39 is 22.0 Å². The van der Waals surface area contributed by atoms with Gasteiger partial charge >= 0.3 is 5.97 Å². The van der Waals surface area contributed by atoms with Crippen LogP contribution in [-0.2, 0) is 24.3 Å². The average molecular weight is 500 g/mol. The molecule has 190 valence electrons. The maximum Gasteiger partial charge on any atom is 0.338 e. The monoisotopic (exact) mass is 499 g/mol. The van der Waals surface area contributed by atoms with Crippen molar-refractivity contribution in [1.29, 1.82) is 0 Å². The summed E-state index contributed by atoms with van der Waals surface area (Å²) < 4.78 is 42.4. The van der Waals surface area contributed by atoms with Crippen LogP contribution in [0.3, 0.4) is 0 Å². The Bertz CT molecular complexity index is 965. The number of ether oxygens (including phenoxy) is 1. The van der Waals surface area contributed by atoms with E-state index >= 15 is 0 Å². The maximum atomic E-state index is 12.8. The highest BCUT2D eigenvalue weighted by molar-refractivity contribution is 7.88. The number of halogens is 1. The molecule has 9 nitrogen and oxygen atoms in total. The number of carbonyl (C=O) groups excluding carboxylic acids is 2. The highest BCUT2D eigenvalue weighted by atomic mass is 32.2. The van der Waals surface area contributed by atoms with E-state index in [9.17, 15) is 22.4 Å². The summed E-state index contributed by atoms with van der Waals surface area (Å²) in [6.45, 7) is 4.61. The second kappa shape index (κ2) is 16.6. The fourth-order valence-corrected chi connectivity index (χ4v) is 2.93. The minimum Gasteiger partial charge on any atom is -0.460 e. The summed E-state index contributed by atoms with van der Waals surface area (Å²) in [5.74, 6) is -1.04. The van der Waals surface area contributed by atoms with E-state index in [4.69, 9.17) is 15.6 Å². The lowest BCUT2D eigenvalue weighted by atomic mass is 10.2. The van der Waals surface area contributed by atoms with E-state index in [1.807, 2.05) is 6.92 Å². The van der Waals surface area contributed by atoms with E-state index in [-0.39, 0.29) is 36.6 Å². The van der Waals surface area contributed by atoms with Crippen molar-refractivity contribution < 1.29 is 32.2 Å². The van der Waals surface area contributed by atoms with Crippen molar-refractivity contribution >= 4 is 21.9 Å². The van der Waals surface area contributed by atoms with Gasteiger partial charge in [-0.15, -0.1) is 0 Å². The predicted octanol–water partition coefficient (Wildman–Crippen LogP) is 1.67. The molecular weight excluding hydrogens is 465 g/mol. The van der Waals surface area contributed by atoms with Crippen LogP contribution in [0.5, 0.6) is 0 Å². The SMILES string of the molecule is CS(=O)(=O)NC1=CC(C(=O)OCC(N)CO)=CC=CC1.C\C=C/C(F)=C\C=C\[C@@H](C)NC(C)=O. The van der Waals surface area contributed by atoms with Crippen LogP contribution in [0, 0.1) is 0 Å². The molecule has 0 saturated carbocycles. The molecule has 1 amide bonds. The number of nitrogens with two attached hydrogens (primary N) is 1. The van der Waals surface area contributed by atoms with Crippen LogP contribution in [-0.4, -0.2) is 57.0 Å². The van der Waals surface area contributed by atoms with E-state index in [2.05, 4.69) is 10.0 Å². The lowest BCUT2D eigenvalue weighted by Crippen LogP contribution is -2.31. The molecule has 0 spiro atoms. The third kappa shape index (κ3) is 16.6. The van der Waals surface area contributed by atoms with Crippen molar-refractivity contribution in [2.45, 2.75) is 39.3 Å². The van der Waals surface area contributed by atoms with Gasteiger partial charge < -0.3 is 20.9 Å². The number of carbonyl (C=O) groups is 2. The van der Waals surface area contributed by atoms with Crippen LogP contribution in [0.25, 0.3) is 0 Å². The molecule has 0 heterocycles. The first-order valence-electron chi connectivity index (χ1n) is 10.4. The topological polar surface area (TPSA) is 148 Å². The van der Waals surface area contributed by atoms with Gasteiger partial charge in [0.2, 0.25) is 15.9 Å². The van der Waals surface area contributed by atoms with Gasteiger partial charge in [-0.25, -0.2) is 17.6 Å². The third-order valence-electron chi connectivity index (χ3n) is 3.71. The molecule has 0 aromatic rings. The molecule has 0 aromatic carbocycles. The zero-order chi connectivity index (χ0) is 26.1. The Balaban J connectivity index is 0.000000686. The van der Waals surface area contributed by atoms with Crippen LogP contribution in [0.4, 0.5) is 4.39 Å². The van der Waals surface area contributed by atoms with Crippen molar-refractivity contribution in [3.8, 4) is 0 Å². The van der Waals surface area contributed by atoms with E-state index in [1.54, 1.807) is 37.3 Å². The van der Waals surface area contributed by atoms with Gasteiger partial charge in [0.05, 0.1) is 24.5 Å². The van der Waals surface area contributed by atoms with Crippen molar-refractivity contribution in [2.75, 3.05) is 19.5 Å². The quantitative estimate of drug-likeness (QED) is 0.264. The van der Waals surface area contributed by atoms with E-state index in [0.717, 1.165) is 6.26 Å². The molecule has 0 fully saturated rings. The standard InChI is InChI=1S/C12H18N2O5S.C11H16FNO/c1-20(17,18)14-11-5-3-2-4-9(6-11)12(16)19-8-10(13)7-15;1-4-6-11(12)8-5-7-9(2)13-10(3)14/h2-4,6,10,14-15H,5,7-8,13H2,1H3;4-9H,1-3H3,(H,13,14)/b;6-4-,7-5+,11-8+/t;9-/m.1/s1. The molecule has 1 aliphatic carbocycles. The summed E-state index contributed by atoms with van der Waals surface area (Å²) in [5, 5.41) is 11.4. The molecule has 1 unspecified atom stereocenters. The average Bonchev–Trinajstić information content (AvgIpc) is 2.96. The first-order chi connectivity index (χ1) is 15.9. The molecule has 5 N–H and O–H groups in total. The number of sulfonamides is 1. The molecule has 0 aromatic heterocycles. The summed E-state index contributed by atoms with van der Waals surface area (Å²) in [7, 11) is -3.40. The molecule has 34 heavy (non-hydrogen) atoms. The number of hydrogen-bond acceptors (Lipinski definition) is 7. The Morgan fingerprint density at radius 1 is 1.38 bits per heavy atom. The smallest absolute Gasteiger partial charge is 0.338 e. The number of hydrogen-bond donors (Lipinski definition) is 4. The molecule has 1 aliphatic rings. The van der Waals surface area contributed by atoms with Gasteiger partial charge in [0, 0.05) is 25.1 Å². The van der Waals surface area contributed by atoms with Gasteiger partial charge in [-0.05, 0) is 38.2 Å². The molecule has 1 rings (SSSR count). The van der Waals surface area contributed by atoms with Crippen LogP contribution in [0.1, 0.15) is 27.2 Å². The Morgan fingerprint density at radius 2 is 2.06 bits per heavy atom. The molecule has 0 saturated heterocycles. The minimum atomic E-state index is -3.40. The Hall–Kier alpha value is -3.02. The van der Waals surface area contributed by atoms with Crippen LogP contribution < -0.4 is 15.8 Å². The van der Waals surface area contributed by atoms with Gasteiger partial charge in [0.25, 0.3) is 0 Å². The molecule has 0 radical (unpaired) electrons. The molecule has 0 aliphatic heterocycles. The molecule has 0 bridgehead atoms. The normalized spacial score (nSPS) is 16.0. The van der Waals surface area contributed by atoms with Crippen molar-refractivity contribution in [2.24, 2.45) is 5.73 Å². The van der Waals surface area contributed by atoms with Crippen LogP contribution in [0.2, 0.25) is 0 Å². The van der Waals surface area contributed by atoms with Gasteiger partial charge in [-0.2, -0.15) is 0 Å². The first-order valence-corrected chi connectivity index (χ1v) is 12.3. The first kappa shape index (κ1) is 31.0. The highest BCUT2D eigenvalue weighted by Gasteiger charge is 2.14. The molecular formula is C23H34FN3O6S. The van der Waals surface area contributed by atoms with Gasteiger partial charge in [0.15, 0.2) is 0 Å². The predicted molar refractivity (Wildman–Crippen MR) is 130 cm³/mol. The Kier molecular flexibility index (Phi) is 15.1. The number of esters is 1. The second-order valence-corrected chi connectivity index (χ2v) is 9.01. The van der Waals surface area contributed by atoms with E-state index in [1.165, 1.54) is 31.2 Å². The lowest BCUT2D eigenvalue weighted by molar-refractivity contribution is -0.139. The van der Waals surface area contributed by atoms with Gasteiger partial charge in [-0.1, -0.05) is 30.4 Å². The van der Waals surface area contributed by atoms with Crippen molar-refractivity contribution in [3.63, 3.8) is 0 Å². The molecule has 11 heteroatoms. The van der Waals surface area contributed by atoms with Gasteiger partial charge in [0.1, 0.15) is 12.4 Å². The summed E-state index contributed by atoms with van der Waals surface area (Å²) in [4.78, 5) is 22.4. The number of nitrogens with one attached hydrogen (secondary N) is 2. The van der Waals surface area contributed by atoms with Crippen molar-refractivity contribution in [3.05, 3.63) is 71.8 Å². The third-order valence-corrected chi connectivity index (χ3v) is 4.34. The van der Waals surface area contributed by atoms with E-state index in [0.29, 0.717) is 12.1 Å². The number of allylic oxidation sites excluding steroid dienone is 8. The summed E-state index contributed by atoms with van der Waals surface area (Å²) >= 11 is 0. The van der Waals surface area contributed by atoms with Crippen molar-refractivity contribution in [1.82, 2.24) is 10.0 Å². The minimum absolute atomic E-state index is 0.0813. The molecule has 2 atom stereocenters. The largest absolute Gasteiger partial charge is 0.460 e. The number of aliphatic hydroxyl groups excluding tert-OH is 1. The lowest BCUT2D eigenvalue weighted by Gasteiger charge is -2.10. The Morgan fingerprint density at radius 3 is 2.62 bits per heavy atom. The maximum absolute atomic E-state index is 12.8. The van der Waals surface area contributed by atoms with Crippen LogP contribution >= 0.6 is 0 Å². The number of amides is 1. The fraction of sp³-hybridized carbons (Fsp3) is 0.391. The van der Waals surface area contributed by atoms with Crippen LogP contribution in [0.15, 0.2) is 71.8 Å². The number of aliphatic hydroxyl groups is 1. The summed E-state index contributed by atoms with van der Waals surface area (Å²) in [5.41, 5.74) is 6.00. The number of rotatable bonds is 10. The highest BCUT2D eigenvalue weighted by Crippen LogP contribution is 2.12. The zero-order valence-corrected chi connectivity index (χ0v) is 20.6. The fourth-order valence-electron chi connectivity index (χ4n) is 2.31. The second-order valence-electron chi connectivity index (χ2n) is 7.26. The summed E-state index contributed by atoms with van der Waals surface area (Å²) in [6.07, 6.45) is 15.3. The summed E-state index contributed by atoms with van der Waals surface area (Å²) in [6, 6.07) is -0.722. The Labute approximate surface area is 200 Å². The van der Waals surface area contributed by atoms with Gasteiger partial charge in [-0.3, -0.25) is 9.52 Å². The zero-order valence-electron chi connectivity index (χ0n) is 19.8.